The van der Waals surface area contributed by atoms with Crippen molar-refractivity contribution in [2.24, 2.45) is 5.92 Å². The maximum Gasteiger partial charge on any atom is 0.132 e. The fourth-order valence-corrected chi connectivity index (χ4v) is 1.66. The van der Waals surface area contributed by atoms with Crippen LogP contribution in [-0.2, 0) is 13.0 Å². The summed E-state index contributed by atoms with van der Waals surface area (Å²) < 4.78 is 2.17. The van der Waals surface area contributed by atoms with Gasteiger partial charge in [-0.3, -0.25) is 0 Å². The van der Waals surface area contributed by atoms with E-state index >= 15 is 0 Å². The second-order valence-corrected chi connectivity index (χ2v) is 5.01. The molecule has 92 valence electrons. The molecule has 0 saturated carbocycles. The zero-order chi connectivity index (χ0) is 12.0. The second kappa shape index (κ2) is 6.63. The van der Waals surface area contributed by atoms with Crippen LogP contribution in [0.1, 0.15) is 39.9 Å². The molecule has 0 saturated heterocycles. The molecule has 0 aliphatic rings. The van der Waals surface area contributed by atoms with Crippen LogP contribution in [0.15, 0.2) is 6.33 Å². The Morgan fingerprint density at radius 1 is 1.31 bits per heavy atom. The number of rotatable bonds is 7. The van der Waals surface area contributed by atoms with Crippen molar-refractivity contribution in [2.75, 3.05) is 6.54 Å². The van der Waals surface area contributed by atoms with E-state index in [-0.39, 0.29) is 0 Å². The van der Waals surface area contributed by atoms with Gasteiger partial charge in [0.05, 0.1) is 0 Å². The highest BCUT2D eigenvalue weighted by atomic mass is 15.3. The molecule has 0 aromatic carbocycles. The Kier molecular flexibility index (Phi) is 5.46. The van der Waals surface area contributed by atoms with Gasteiger partial charge in [0.25, 0.3) is 0 Å². The Morgan fingerprint density at radius 2 is 2.06 bits per heavy atom. The van der Waals surface area contributed by atoms with Crippen molar-refractivity contribution in [3.8, 4) is 0 Å². The molecule has 0 spiro atoms. The molecule has 0 aliphatic carbocycles. The van der Waals surface area contributed by atoms with Gasteiger partial charge < -0.3 is 9.88 Å². The first-order valence-electron chi connectivity index (χ1n) is 6.19. The van der Waals surface area contributed by atoms with E-state index < -0.39 is 0 Å². The van der Waals surface area contributed by atoms with Crippen LogP contribution < -0.4 is 5.32 Å². The minimum Gasteiger partial charge on any atom is -0.317 e. The highest BCUT2D eigenvalue weighted by molar-refractivity contribution is 4.86. The number of hydrogen-bond acceptors (Lipinski definition) is 3. The van der Waals surface area contributed by atoms with Gasteiger partial charge in [-0.25, -0.2) is 0 Å². The van der Waals surface area contributed by atoms with Gasteiger partial charge in [0, 0.05) is 19.0 Å². The molecule has 16 heavy (non-hydrogen) atoms. The minimum atomic E-state index is 0.563. The maximum atomic E-state index is 4.17. The monoisotopic (exact) mass is 224 g/mol. The lowest BCUT2D eigenvalue weighted by atomic mass is 10.2. The van der Waals surface area contributed by atoms with E-state index in [9.17, 15) is 0 Å². The summed E-state index contributed by atoms with van der Waals surface area (Å²) in [6.45, 7) is 10.8. The summed E-state index contributed by atoms with van der Waals surface area (Å²) in [6, 6.07) is 0.563. The SMILES string of the molecule is CC(C)Cn1cnnc1CCCNC(C)C. The lowest BCUT2D eigenvalue weighted by Crippen LogP contribution is -2.24. The van der Waals surface area contributed by atoms with Crippen LogP contribution in [-0.4, -0.2) is 27.4 Å². The average Bonchev–Trinajstić information content (AvgIpc) is 2.59. The zero-order valence-electron chi connectivity index (χ0n) is 10.9. The normalized spacial score (nSPS) is 11.6. The van der Waals surface area contributed by atoms with E-state index in [2.05, 4.69) is 47.8 Å². The third kappa shape index (κ3) is 4.75. The second-order valence-electron chi connectivity index (χ2n) is 5.01. The lowest BCUT2D eigenvalue weighted by molar-refractivity contribution is 0.497. The van der Waals surface area contributed by atoms with Crippen LogP contribution in [0.4, 0.5) is 0 Å². The number of nitrogens with one attached hydrogen (secondary N) is 1. The number of aromatic nitrogens is 3. The van der Waals surface area contributed by atoms with E-state index in [1.54, 1.807) is 0 Å². The summed E-state index contributed by atoms with van der Waals surface area (Å²) in [7, 11) is 0. The standard InChI is InChI=1S/C12H24N4/c1-10(2)8-16-9-14-15-12(16)6-5-7-13-11(3)4/h9-11,13H,5-8H2,1-4H3. The van der Waals surface area contributed by atoms with Gasteiger partial charge in [-0.1, -0.05) is 27.7 Å². The molecule has 0 fully saturated rings. The molecular formula is C12H24N4. The van der Waals surface area contributed by atoms with Gasteiger partial charge in [0.2, 0.25) is 0 Å². The maximum absolute atomic E-state index is 4.17. The third-order valence-corrected chi connectivity index (χ3v) is 2.39. The van der Waals surface area contributed by atoms with Crippen molar-refractivity contribution in [3.05, 3.63) is 12.2 Å². The third-order valence-electron chi connectivity index (χ3n) is 2.39. The fourth-order valence-electron chi connectivity index (χ4n) is 1.66. The summed E-state index contributed by atoms with van der Waals surface area (Å²) in [6.07, 6.45) is 3.96. The summed E-state index contributed by atoms with van der Waals surface area (Å²) in [5.74, 6) is 1.75. The fraction of sp³-hybridized carbons (Fsp3) is 0.833. The Bertz CT molecular complexity index is 291. The highest BCUT2D eigenvalue weighted by Gasteiger charge is 2.05. The molecule has 0 atom stereocenters. The molecule has 0 amide bonds. The average molecular weight is 224 g/mol. The largest absolute Gasteiger partial charge is 0.317 e. The predicted molar refractivity (Wildman–Crippen MR) is 66.3 cm³/mol. The Morgan fingerprint density at radius 3 is 2.69 bits per heavy atom. The number of nitrogens with zero attached hydrogens (tertiary/aromatic N) is 3. The van der Waals surface area contributed by atoms with Gasteiger partial charge in [-0.2, -0.15) is 0 Å². The van der Waals surface area contributed by atoms with Crippen molar-refractivity contribution in [1.29, 1.82) is 0 Å². The Labute approximate surface area is 98.5 Å². The highest BCUT2D eigenvalue weighted by Crippen LogP contribution is 2.04. The molecule has 4 heteroatoms. The van der Waals surface area contributed by atoms with Gasteiger partial charge in [0.15, 0.2) is 0 Å². The van der Waals surface area contributed by atoms with Crippen LogP contribution in [0.2, 0.25) is 0 Å². The smallest absolute Gasteiger partial charge is 0.132 e. The molecular weight excluding hydrogens is 200 g/mol. The zero-order valence-corrected chi connectivity index (χ0v) is 10.9. The van der Waals surface area contributed by atoms with Crippen LogP contribution in [0, 0.1) is 5.92 Å². The summed E-state index contributed by atoms with van der Waals surface area (Å²) in [5, 5.41) is 11.6. The van der Waals surface area contributed by atoms with Crippen molar-refractivity contribution >= 4 is 0 Å². The summed E-state index contributed by atoms with van der Waals surface area (Å²) in [5.41, 5.74) is 0. The van der Waals surface area contributed by atoms with Gasteiger partial charge in [0.1, 0.15) is 12.2 Å². The Hall–Kier alpha value is -0.900. The van der Waals surface area contributed by atoms with Crippen LogP contribution in [0.25, 0.3) is 0 Å². The first-order chi connectivity index (χ1) is 7.59. The minimum absolute atomic E-state index is 0.563. The van der Waals surface area contributed by atoms with Crippen molar-refractivity contribution in [1.82, 2.24) is 20.1 Å². The number of aryl methyl sites for hydroxylation is 1. The van der Waals surface area contributed by atoms with E-state index in [4.69, 9.17) is 0 Å². The summed E-state index contributed by atoms with van der Waals surface area (Å²) >= 11 is 0. The molecule has 0 aliphatic heterocycles. The molecule has 1 rings (SSSR count). The molecule has 4 nitrogen and oxygen atoms in total. The molecule has 0 bridgehead atoms. The Balaban J connectivity index is 2.33. The van der Waals surface area contributed by atoms with Crippen LogP contribution >= 0.6 is 0 Å². The molecule has 1 aromatic rings. The van der Waals surface area contributed by atoms with Gasteiger partial charge in [-0.15, -0.1) is 10.2 Å². The lowest BCUT2D eigenvalue weighted by Gasteiger charge is -2.10. The van der Waals surface area contributed by atoms with Gasteiger partial charge >= 0.3 is 0 Å². The van der Waals surface area contributed by atoms with Gasteiger partial charge in [-0.05, 0) is 18.9 Å². The van der Waals surface area contributed by atoms with E-state index in [0.717, 1.165) is 31.8 Å². The first-order valence-corrected chi connectivity index (χ1v) is 6.19. The number of hydrogen-bond donors (Lipinski definition) is 1. The van der Waals surface area contributed by atoms with Crippen molar-refractivity contribution in [2.45, 2.75) is 53.1 Å². The molecule has 1 aromatic heterocycles. The molecule has 1 heterocycles. The topological polar surface area (TPSA) is 42.7 Å². The van der Waals surface area contributed by atoms with Crippen molar-refractivity contribution < 1.29 is 0 Å². The van der Waals surface area contributed by atoms with E-state index in [0.29, 0.717) is 12.0 Å². The molecule has 0 unspecified atom stereocenters. The van der Waals surface area contributed by atoms with Crippen LogP contribution in [0.5, 0.6) is 0 Å². The molecule has 1 N–H and O–H groups in total. The van der Waals surface area contributed by atoms with Crippen molar-refractivity contribution in [3.63, 3.8) is 0 Å². The summed E-state index contributed by atoms with van der Waals surface area (Å²) in [4.78, 5) is 0. The van der Waals surface area contributed by atoms with E-state index in [1.165, 1.54) is 0 Å². The first kappa shape index (κ1) is 13.2. The molecule has 0 radical (unpaired) electrons. The quantitative estimate of drug-likeness (QED) is 0.719. The van der Waals surface area contributed by atoms with Crippen LogP contribution in [0.3, 0.4) is 0 Å². The van der Waals surface area contributed by atoms with E-state index in [1.807, 2.05) is 6.33 Å². The predicted octanol–water partition coefficient (Wildman–Crippen LogP) is 1.86.